The molecule has 2 nitrogen and oxygen atoms in total. The molecule has 0 saturated heterocycles. The minimum absolute atomic E-state index is 0.0579. The van der Waals surface area contributed by atoms with Gasteiger partial charge in [-0.1, -0.05) is 6.92 Å². The lowest BCUT2D eigenvalue weighted by molar-refractivity contribution is 0.574. The smallest absolute Gasteiger partial charge is 0.0855 e. The highest BCUT2D eigenvalue weighted by Crippen LogP contribution is 2.43. The van der Waals surface area contributed by atoms with E-state index in [-0.39, 0.29) is 5.66 Å². The maximum atomic E-state index is 11.2. The first-order chi connectivity index (χ1) is 3.98. The van der Waals surface area contributed by atoms with Crippen molar-refractivity contribution in [3.8, 4) is 6.07 Å². The Balaban J connectivity index is 3.93. The molecule has 0 bridgehead atoms. The molecule has 1 atom stereocenters. The fraction of sp³-hybridized carbons (Fsp3) is 0.833. The summed E-state index contributed by atoms with van der Waals surface area (Å²) >= 11 is 0. The zero-order valence-corrected chi connectivity index (χ0v) is 6.98. The van der Waals surface area contributed by atoms with Gasteiger partial charge in [-0.15, -0.1) is 0 Å². The predicted molar refractivity (Wildman–Crippen MR) is 39.1 cm³/mol. The summed E-state index contributed by atoms with van der Waals surface area (Å²) in [6.07, 6.45) is 0.407. The Labute approximate surface area is 56.2 Å². The Kier molecular flexibility index (Phi) is 2.94. The minimum atomic E-state index is -2.00. The second-order valence-corrected chi connectivity index (χ2v) is 6.40. The highest BCUT2D eigenvalue weighted by Gasteiger charge is 2.16. The maximum Gasteiger partial charge on any atom is 0.0855 e. The van der Waals surface area contributed by atoms with Gasteiger partial charge in [0, 0.05) is 12.1 Å². The van der Waals surface area contributed by atoms with Gasteiger partial charge in [0.25, 0.3) is 0 Å². The summed E-state index contributed by atoms with van der Waals surface area (Å²) in [7, 11) is -2.00. The molecule has 0 spiro atoms. The molecule has 0 N–H and O–H groups in total. The fourth-order valence-electron chi connectivity index (χ4n) is 0.352. The average molecular weight is 145 g/mol. The molecule has 9 heavy (non-hydrogen) atoms. The van der Waals surface area contributed by atoms with E-state index in [1.54, 1.807) is 13.3 Å². The molecule has 0 saturated carbocycles. The third kappa shape index (κ3) is 3.32. The lowest BCUT2D eigenvalue weighted by Crippen LogP contribution is -1.99. The molecule has 52 valence electrons. The lowest BCUT2D eigenvalue weighted by Gasteiger charge is -2.11. The van der Waals surface area contributed by atoms with Crippen LogP contribution in [-0.2, 0) is 4.57 Å². The number of hydrogen-bond donors (Lipinski definition) is 0. The standard InChI is InChI=1S/C6H12NOP/c1-6(4-5-7)9(2,3)8/h6H,4H2,1-3H3. The first kappa shape index (κ1) is 8.72. The average Bonchev–Trinajstić information content (AvgIpc) is 1.64. The molecule has 0 aromatic rings. The van der Waals surface area contributed by atoms with E-state index < -0.39 is 7.14 Å². The van der Waals surface area contributed by atoms with E-state index in [0.29, 0.717) is 6.42 Å². The van der Waals surface area contributed by atoms with Gasteiger partial charge in [-0.25, -0.2) is 0 Å². The van der Waals surface area contributed by atoms with Crippen LogP contribution >= 0.6 is 7.14 Å². The van der Waals surface area contributed by atoms with Crippen LogP contribution in [0.25, 0.3) is 0 Å². The summed E-state index contributed by atoms with van der Waals surface area (Å²) < 4.78 is 11.2. The quantitative estimate of drug-likeness (QED) is 0.557. The summed E-state index contributed by atoms with van der Waals surface area (Å²) in [5.41, 5.74) is 0.0579. The zero-order valence-electron chi connectivity index (χ0n) is 6.09. The topological polar surface area (TPSA) is 40.9 Å². The third-order valence-corrected chi connectivity index (χ3v) is 3.75. The molecule has 0 aliphatic carbocycles. The van der Waals surface area contributed by atoms with Crippen LogP contribution in [0.2, 0.25) is 0 Å². The van der Waals surface area contributed by atoms with Crippen LogP contribution in [0.1, 0.15) is 13.3 Å². The predicted octanol–water partition coefficient (Wildman–Crippen LogP) is 1.91. The first-order valence-corrected chi connectivity index (χ1v) is 5.57. The summed E-state index contributed by atoms with van der Waals surface area (Å²) in [6, 6.07) is 2.00. The van der Waals surface area contributed by atoms with Gasteiger partial charge in [0.2, 0.25) is 0 Å². The number of hydrogen-bond acceptors (Lipinski definition) is 2. The first-order valence-electron chi connectivity index (χ1n) is 2.90. The normalized spacial score (nSPS) is 14.4. The van der Waals surface area contributed by atoms with Gasteiger partial charge in [0.05, 0.1) is 13.2 Å². The van der Waals surface area contributed by atoms with Crippen LogP contribution < -0.4 is 0 Å². The number of nitrogens with zero attached hydrogens (tertiary/aromatic N) is 1. The van der Waals surface area contributed by atoms with Crippen molar-refractivity contribution in [2.45, 2.75) is 19.0 Å². The summed E-state index contributed by atoms with van der Waals surface area (Å²) in [5, 5.41) is 8.23. The van der Waals surface area contributed by atoms with Gasteiger partial charge in [0.15, 0.2) is 0 Å². The Morgan fingerprint density at radius 3 is 2.22 bits per heavy atom. The van der Waals surface area contributed by atoms with Crippen LogP contribution in [0.3, 0.4) is 0 Å². The van der Waals surface area contributed by atoms with Gasteiger partial charge < -0.3 is 4.57 Å². The molecule has 1 unspecified atom stereocenters. The highest BCUT2D eigenvalue weighted by atomic mass is 31.2. The molecule has 0 radical (unpaired) electrons. The van der Waals surface area contributed by atoms with Crippen molar-refractivity contribution < 1.29 is 4.57 Å². The van der Waals surface area contributed by atoms with Crippen LogP contribution in [0.15, 0.2) is 0 Å². The molecular formula is C6H12NOP. The second kappa shape index (κ2) is 3.03. The van der Waals surface area contributed by atoms with Gasteiger partial charge in [-0.3, -0.25) is 0 Å². The Morgan fingerprint density at radius 1 is 1.67 bits per heavy atom. The van der Waals surface area contributed by atoms with E-state index in [9.17, 15) is 4.57 Å². The molecule has 0 fully saturated rings. The molecule has 0 aromatic heterocycles. The van der Waals surface area contributed by atoms with Crippen molar-refractivity contribution in [3.05, 3.63) is 0 Å². The molecule has 3 heteroatoms. The molecule has 0 aliphatic rings. The van der Waals surface area contributed by atoms with Crippen molar-refractivity contribution in [3.63, 3.8) is 0 Å². The second-order valence-electron chi connectivity index (χ2n) is 2.65. The van der Waals surface area contributed by atoms with Gasteiger partial charge in [-0.05, 0) is 13.3 Å². The molecule has 0 heterocycles. The summed E-state index contributed by atoms with van der Waals surface area (Å²) in [4.78, 5) is 0. The SMILES string of the molecule is CC(CC#N)P(C)(C)=O. The van der Waals surface area contributed by atoms with Crippen LogP contribution in [0.5, 0.6) is 0 Å². The van der Waals surface area contributed by atoms with E-state index in [2.05, 4.69) is 0 Å². The van der Waals surface area contributed by atoms with Gasteiger partial charge >= 0.3 is 0 Å². The Morgan fingerprint density at radius 2 is 2.11 bits per heavy atom. The van der Waals surface area contributed by atoms with E-state index in [1.165, 1.54) is 0 Å². The molecule has 0 rings (SSSR count). The summed E-state index contributed by atoms with van der Waals surface area (Å²) in [6.45, 7) is 5.29. The number of nitriles is 1. The maximum absolute atomic E-state index is 11.2. The monoisotopic (exact) mass is 145 g/mol. The van der Waals surface area contributed by atoms with Crippen LogP contribution in [-0.4, -0.2) is 19.0 Å². The minimum Gasteiger partial charge on any atom is -0.324 e. The largest absolute Gasteiger partial charge is 0.324 e. The zero-order chi connectivity index (χ0) is 7.49. The lowest BCUT2D eigenvalue weighted by atomic mass is 10.4. The fourth-order valence-corrected chi connectivity index (χ4v) is 0.873. The van der Waals surface area contributed by atoms with Crippen LogP contribution in [0, 0.1) is 11.3 Å². The van der Waals surface area contributed by atoms with Crippen molar-refractivity contribution >= 4 is 7.14 Å². The van der Waals surface area contributed by atoms with Gasteiger partial charge in [0.1, 0.15) is 0 Å². The van der Waals surface area contributed by atoms with E-state index in [4.69, 9.17) is 5.26 Å². The van der Waals surface area contributed by atoms with E-state index in [0.717, 1.165) is 0 Å². The van der Waals surface area contributed by atoms with Gasteiger partial charge in [-0.2, -0.15) is 5.26 Å². The van der Waals surface area contributed by atoms with E-state index in [1.807, 2.05) is 13.0 Å². The molecular weight excluding hydrogens is 133 g/mol. The van der Waals surface area contributed by atoms with E-state index >= 15 is 0 Å². The number of rotatable bonds is 2. The van der Waals surface area contributed by atoms with Crippen molar-refractivity contribution in [1.29, 1.82) is 5.26 Å². The van der Waals surface area contributed by atoms with Crippen molar-refractivity contribution in [2.24, 2.45) is 0 Å². The molecule has 0 amide bonds. The Hall–Kier alpha value is -0.280. The third-order valence-electron chi connectivity index (χ3n) is 1.45. The summed E-state index contributed by atoms with van der Waals surface area (Å²) in [5.74, 6) is 0. The molecule has 0 aliphatic heterocycles. The highest BCUT2D eigenvalue weighted by molar-refractivity contribution is 7.63. The Bertz CT molecular complexity index is 164. The molecule has 0 aromatic carbocycles. The van der Waals surface area contributed by atoms with Crippen molar-refractivity contribution in [1.82, 2.24) is 0 Å². The van der Waals surface area contributed by atoms with Crippen molar-refractivity contribution in [2.75, 3.05) is 13.3 Å². The van der Waals surface area contributed by atoms with Crippen LogP contribution in [0.4, 0.5) is 0 Å².